The van der Waals surface area contributed by atoms with E-state index in [4.69, 9.17) is 0 Å². The molecular formula is C10H16N4O2. The fraction of sp³-hybridized carbons (Fsp3) is 0.700. The molecule has 1 aliphatic rings. The van der Waals surface area contributed by atoms with Gasteiger partial charge in [-0.1, -0.05) is 0 Å². The van der Waals surface area contributed by atoms with Gasteiger partial charge in [0.15, 0.2) is 0 Å². The molecular weight excluding hydrogens is 208 g/mol. The van der Waals surface area contributed by atoms with Gasteiger partial charge in [-0.25, -0.2) is 0 Å². The van der Waals surface area contributed by atoms with Crippen LogP contribution in [-0.2, 0) is 22.6 Å². The SMILES string of the molecule is COC(=O)CC(C)N1CCn2cnnc2C1. The standard InChI is InChI=1S/C10H16N4O2/c1-8(5-10(15)16-2)13-3-4-14-7-11-12-9(14)6-13/h7-8H,3-6H2,1-2H3. The lowest BCUT2D eigenvalue weighted by atomic mass is 10.2. The minimum Gasteiger partial charge on any atom is -0.469 e. The van der Waals surface area contributed by atoms with E-state index in [0.29, 0.717) is 6.42 Å². The van der Waals surface area contributed by atoms with Crippen LogP contribution in [0.15, 0.2) is 6.33 Å². The zero-order valence-corrected chi connectivity index (χ0v) is 9.59. The first kappa shape index (κ1) is 11.1. The first-order valence-corrected chi connectivity index (χ1v) is 5.38. The van der Waals surface area contributed by atoms with Crippen LogP contribution in [0.2, 0.25) is 0 Å². The summed E-state index contributed by atoms with van der Waals surface area (Å²) in [6.07, 6.45) is 2.17. The summed E-state index contributed by atoms with van der Waals surface area (Å²) in [7, 11) is 1.42. The van der Waals surface area contributed by atoms with Gasteiger partial charge in [0.1, 0.15) is 12.2 Å². The number of hydrogen-bond acceptors (Lipinski definition) is 5. The number of hydrogen-bond donors (Lipinski definition) is 0. The molecule has 6 heteroatoms. The Balaban J connectivity index is 1.95. The first-order chi connectivity index (χ1) is 7.70. The molecule has 0 aromatic carbocycles. The molecule has 6 nitrogen and oxygen atoms in total. The highest BCUT2D eigenvalue weighted by Crippen LogP contribution is 2.14. The average molecular weight is 224 g/mol. The van der Waals surface area contributed by atoms with Gasteiger partial charge in [0.2, 0.25) is 0 Å². The fourth-order valence-electron chi connectivity index (χ4n) is 1.91. The second-order valence-corrected chi connectivity index (χ2v) is 4.04. The summed E-state index contributed by atoms with van der Waals surface area (Å²) in [5.41, 5.74) is 0. The molecule has 1 aromatic rings. The van der Waals surface area contributed by atoms with E-state index in [2.05, 4.69) is 19.8 Å². The number of carbonyl (C=O) groups is 1. The number of carbonyl (C=O) groups excluding carboxylic acids is 1. The highest BCUT2D eigenvalue weighted by molar-refractivity contribution is 5.69. The van der Waals surface area contributed by atoms with Crippen LogP contribution in [0.1, 0.15) is 19.2 Å². The Hall–Kier alpha value is -1.43. The maximum absolute atomic E-state index is 11.2. The first-order valence-electron chi connectivity index (χ1n) is 5.38. The highest BCUT2D eigenvalue weighted by atomic mass is 16.5. The van der Waals surface area contributed by atoms with Gasteiger partial charge < -0.3 is 9.30 Å². The van der Waals surface area contributed by atoms with E-state index in [1.54, 1.807) is 6.33 Å². The van der Waals surface area contributed by atoms with Crippen molar-refractivity contribution in [2.45, 2.75) is 32.5 Å². The second-order valence-electron chi connectivity index (χ2n) is 4.04. The molecule has 1 aliphatic heterocycles. The van der Waals surface area contributed by atoms with Crippen LogP contribution in [0.4, 0.5) is 0 Å². The van der Waals surface area contributed by atoms with Gasteiger partial charge in [-0.15, -0.1) is 10.2 Å². The van der Waals surface area contributed by atoms with E-state index in [1.165, 1.54) is 7.11 Å². The summed E-state index contributed by atoms with van der Waals surface area (Å²) in [5.74, 6) is 0.794. The minimum atomic E-state index is -0.167. The van der Waals surface area contributed by atoms with Gasteiger partial charge >= 0.3 is 5.97 Å². The second kappa shape index (κ2) is 4.61. The largest absolute Gasteiger partial charge is 0.469 e. The predicted molar refractivity (Wildman–Crippen MR) is 56.5 cm³/mol. The van der Waals surface area contributed by atoms with Crippen molar-refractivity contribution < 1.29 is 9.53 Å². The number of fused-ring (bicyclic) bond motifs is 1. The smallest absolute Gasteiger partial charge is 0.307 e. The van der Waals surface area contributed by atoms with Crippen LogP contribution < -0.4 is 0 Å². The van der Waals surface area contributed by atoms with Crippen LogP contribution in [0, 0.1) is 0 Å². The quantitative estimate of drug-likeness (QED) is 0.679. The number of nitrogens with zero attached hydrogens (tertiary/aromatic N) is 4. The van der Waals surface area contributed by atoms with Crippen LogP contribution in [0.3, 0.4) is 0 Å². The maximum Gasteiger partial charge on any atom is 0.307 e. The van der Waals surface area contributed by atoms with Crippen molar-refractivity contribution >= 4 is 5.97 Å². The Labute approximate surface area is 94.2 Å². The summed E-state index contributed by atoms with van der Waals surface area (Å²) in [4.78, 5) is 13.4. The average Bonchev–Trinajstić information content (AvgIpc) is 2.75. The fourth-order valence-corrected chi connectivity index (χ4v) is 1.91. The van der Waals surface area contributed by atoms with Crippen LogP contribution >= 0.6 is 0 Å². The molecule has 0 saturated carbocycles. The lowest BCUT2D eigenvalue weighted by Gasteiger charge is -2.31. The van der Waals surface area contributed by atoms with Crippen molar-refractivity contribution in [1.82, 2.24) is 19.7 Å². The normalized spacial score (nSPS) is 17.9. The Bertz CT molecular complexity index is 377. The molecule has 2 heterocycles. The molecule has 0 N–H and O–H groups in total. The minimum absolute atomic E-state index is 0.167. The van der Waals surface area contributed by atoms with Gasteiger partial charge in [0.05, 0.1) is 20.1 Å². The van der Waals surface area contributed by atoms with E-state index >= 15 is 0 Å². The van der Waals surface area contributed by atoms with Gasteiger partial charge in [-0.2, -0.15) is 0 Å². The third kappa shape index (κ3) is 2.21. The summed E-state index contributed by atoms with van der Waals surface area (Å²) in [6.45, 7) is 4.58. The number of ether oxygens (including phenoxy) is 1. The van der Waals surface area contributed by atoms with Crippen molar-refractivity contribution in [1.29, 1.82) is 0 Å². The Morgan fingerprint density at radius 1 is 1.62 bits per heavy atom. The van der Waals surface area contributed by atoms with Crippen LogP contribution in [0.5, 0.6) is 0 Å². The molecule has 2 rings (SSSR count). The molecule has 1 aromatic heterocycles. The Morgan fingerprint density at radius 2 is 2.44 bits per heavy atom. The molecule has 0 radical (unpaired) electrons. The molecule has 0 bridgehead atoms. The van der Waals surface area contributed by atoms with Crippen LogP contribution in [-0.4, -0.2) is 45.3 Å². The zero-order chi connectivity index (χ0) is 11.5. The van der Waals surface area contributed by atoms with E-state index < -0.39 is 0 Å². The van der Waals surface area contributed by atoms with Gasteiger partial charge in [-0.3, -0.25) is 9.69 Å². The van der Waals surface area contributed by atoms with Crippen LogP contribution in [0.25, 0.3) is 0 Å². The highest BCUT2D eigenvalue weighted by Gasteiger charge is 2.23. The van der Waals surface area contributed by atoms with Crippen molar-refractivity contribution in [2.24, 2.45) is 0 Å². The zero-order valence-electron chi connectivity index (χ0n) is 9.59. The van der Waals surface area contributed by atoms with Crippen molar-refractivity contribution in [3.63, 3.8) is 0 Å². The van der Waals surface area contributed by atoms with Gasteiger partial charge in [0, 0.05) is 19.1 Å². The monoisotopic (exact) mass is 224 g/mol. The van der Waals surface area contributed by atoms with Crippen molar-refractivity contribution in [2.75, 3.05) is 13.7 Å². The Morgan fingerprint density at radius 3 is 3.19 bits per heavy atom. The van der Waals surface area contributed by atoms with E-state index in [9.17, 15) is 4.79 Å². The lowest BCUT2D eigenvalue weighted by Crippen LogP contribution is -2.40. The number of rotatable bonds is 3. The van der Waals surface area contributed by atoms with Gasteiger partial charge in [0.25, 0.3) is 0 Å². The van der Waals surface area contributed by atoms with Gasteiger partial charge in [-0.05, 0) is 6.92 Å². The molecule has 1 atom stereocenters. The molecule has 88 valence electrons. The van der Waals surface area contributed by atoms with Crippen molar-refractivity contribution in [3.8, 4) is 0 Å². The number of aromatic nitrogens is 3. The summed E-state index contributed by atoms with van der Waals surface area (Å²) < 4.78 is 6.71. The molecule has 1 unspecified atom stereocenters. The van der Waals surface area contributed by atoms with E-state index in [1.807, 2.05) is 11.5 Å². The molecule has 0 aliphatic carbocycles. The molecule has 0 fully saturated rings. The summed E-state index contributed by atoms with van der Waals surface area (Å²) >= 11 is 0. The number of esters is 1. The molecule has 0 spiro atoms. The van der Waals surface area contributed by atoms with Crippen molar-refractivity contribution in [3.05, 3.63) is 12.2 Å². The van der Waals surface area contributed by atoms with E-state index in [-0.39, 0.29) is 12.0 Å². The molecule has 0 amide bonds. The predicted octanol–water partition coefficient (Wildman–Crippen LogP) is 0.0453. The maximum atomic E-state index is 11.2. The molecule has 0 saturated heterocycles. The topological polar surface area (TPSA) is 60.2 Å². The number of methoxy groups -OCH3 is 1. The van der Waals surface area contributed by atoms with E-state index in [0.717, 1.165) is 25.5 Å². The third-order valence-electron chi connectivity index (χ3n) is 2.98. The summed E-state index contributed by atoms with van der Waals surface area (Å²) in [6, 6.07) is 0.179. The third-order valence-corrected chi connectivity index (χ3v) is 2.98. The molecule has 16 heavy (non-hydrogen) atoms. The Kier molecular flexibility index (Phi) is 3.19. The summed E-state index contributed by atoms with van der Waals surface area (Å²) in [5, 5.41) is 7.91. The lowest BCUT2D eigenvalue weighted by molar-refractivity contribution is -0.142.